The molecule has 2 aliphatic rings. The van der Waals surface area contributed by atoms with Gasteiger partial charge in [0.25, 0.3) is 0 Å². The van der Waals surface area contributed by atoms with Gasteiger partial charge in [0.1, 0.15) is 0 Å². The van der Waals surface area contributed by atoms with Crippen LogP contribution >= 0.6 is 0 Å². The number of amides is 1. The van der Waals surface area contributed by atoms with Crippen LogP contribution in [0.25, 0.3) is 0 Å². The fourth-order valence-corrected chi connectivity index (χ4v) is 4.33. The average Bonchev–Trinajstić information content (AvgIpc) is 2.81. The molecule has 2 rings (SSSR count). The zero-order chi connectivity index (χ0) is 15.6. The summed E-state index contributed by atoms with van der Waals surface area (Å²) in [7, 11) is 0. The van der Waals surface area contributed by atoms with E-state index in [1.54, 1.807) is 0 Å². The van der Waals surface area contributed by atoms with Crippen LogP contribution in [-0.4, -0.2) is 36.1 Å². The van der Waals surface area contributed by atoms with Gasteiger partial charge in [0.15, 0.2) is 0 Å². The van der Waals surface area contributed by atoms with Crippen molar-refractivity contribution in [1.82, 2.24) is 4.90 Å². The maximum atomic E-state index is 13.3. The molecule has 0 aromatic rings. The number of nitrogens with zero attached hydrogens (tertiary/aromatic N) is 1. The Bertz CT molecular complexity index is 347. The van der Waals surface area contributed by atoms with Gasteiger partial charge >= 0.3 is 0 Å². The Hall–Kier alpha value is -0.570. The monoisotopic (exact) mass is 295 g/mol. The van der Waals surface area contributed by atoms with Crippen LogP contribution in [0.4, 0.5) is 0 Å². The second-order valence-electron chi connectivity index (χ2n) is 7.70. The lowest BCUT2D eigenvalue weighted by Crippen LogP contribution is -2.49. The molecule has 3 atom stereocenters. The third-order valence-electron chi connectivity index (χ3n) is 5.51. The van der Waals surface area contributed by atoms with Gasteiger partial charge in [-0.15, -0.1) is 0 Å². The van der Waals surface area contributed by atoms with Crippen molar-refractivity contribution in [2.45, 2.75) is 72.4 Å². The number of rotatable bonds is 4. The molecule has 3 nitrogen and oxygen atoms in total. The van der Waals surface area contributed by atoms with Crippen molar-refractivity contribution in [3.8, 4) is 0 Å². The molecule has 2 fully saturated rings. The fraction of sp³-hybridized carbons (Fsp3) is 0.944. The van der Waals surface area contributed by atoms with Gasteiger partial charge in [-0.2, -0.15) is 0 Å². The number of likely N-dealkylation sites (tertiary alicyclic amines) is 1. The normalized spacial score (nSPS) is 29.4. The first kappa shape index (κ1) is 16.8. The average molecular weight is 295 g/mol. The van der Waals surface area contributed by atoms with Crippen LogP contribution in [-0.2, 0) is 9.53 Å². The van der Waals surface area contributed by atoms with Crippen LogP contribution < -0.4 is 0 Å². The standard InChI is InChI=1S/C18H33NO2/c1-12(2)16-7-6-14(5)19(16)18(20)17(13(3)4)15-8-10-21-11-9-15/h12-17H,6-11H2,1-5H3/t14?,16-,17?/m0/s1. The molecule has 0 aromatic carbocycles. The molecule has 0 saturated carbocycles. The molecule has 2 saturated heterocycles. The highest BCUT2D eigenvalue weighted by Gasteiger charge is 2.42. The van der Waals surface area contributed by atoms with E-state index in [0.717, 1.165) is 32.5 Å². The van der Waals surface area contributed by atoms with Gasteiger partial charge < -0.3 is 9.64 Å². The molecule has 0 N–H and O–H groups in total. The van der Waals surface area contributed by atoms with Crippen LogP contribution in [0.1, 0.15) is 60.3 Å². The largest absolute Gasteiger partial charge is 0.381 e. The van der Waals surface area contributed by atoms with E-state index in [9.17, 15) is 4.79 Å². The summed E-state index contributed by atoms with van der Waals surface area (Å²) in [5, 5.41) is 0. The molecule has 2 unspecified atom stereocenters. The Morgan fingerprint density at radius 1 is 1.05 bits per heavy atom. The number of carbonyl (C=O) groups excluding carboxylic acids is 1. The van der Waals surface area contributed by atoms with E-state index in [1.807, 2.05) is 0 Å². The van der Waals surface area contributed by atoms with Crippen molar-refractivity contribution < 1.29 is 9.53 Å². The zero-order valence-electron chi connectivity index (χ0n) is 14.5. The second kappa shape index (κ2) is 7.13. The van der Waals surface area contributed by atoms with Gasteiger partial charge in [-0.05, 0) is 50.4 Å². The Labute approximate surface area is 130 Å². The minimum Gasteiger partial charge on any atom is -0.381 e. The SMILES string of the molecule is CC(C)C(C(=O)N1C(C)CC[C@H]1C(C)C)C1CCOCC1. The first-order chi connectivity index (χ1) is 9.93. The van der Waals surface area contributed by atoms with Gasteiger partial charge in [0.2, 0.25) is 5.91 Å². The molecule has 21 heavy (non-hydrogen) atoms. The highest BCUT2D eigenvalue weighted by molar-refractivity contribution is 5.80. The van der Waals surface area contributed by atoms with Crippen LogP contribution in [0.5, 0.6) is 0 Å². The van der Waals surface area contributed by atoms with Crippen LogP contribution in [0.3, 0.4) is 0 Å². The van der Waals surface area contributed by atoms with Crippen molar-refractivity contribution in [1.29, 1.82) is 0 Å². The molecule has 0 aliphatic carbocycles. The molecule has 0 spiro atoms. The Morgan fingerprint density at radius 3 is 2.19 bits per heavy atom. The maximum Gasteiger partial charge on any atom is 0.226 e. The summed E-state index contributed by atoms with van der Waals surface area (Å²) in [6.07, 6.45) is 4.42. The highest BCUT2D eigenvalue weighted by Crippen LogP contribution is 2.36. The number of hydrogen-bond acceptors (Lipinski definition) is 2. The number of carbonyl (C=O) groups is 1. The lowest BCUT2D eigenvalue weighted by atomic mass is 9.77. The summed E-state index contributed by atoms with van der Waals surface area (Å²) in [4.78, 5) is 15.5. The van der Waals surface area contributed by atoms with E-state index in [0.29, 0.717) is 35.7 Å². The van der Waals surface area contributed by atoms with Crippen molar-refractivity contribution in [2.24, 2.45) is 23.7 Å². The molecule has 3 heteroatoms. The van der Waals surface area contributed by atoms with E-state index < -0.39 is 0 Å². The Kier molecular flexibility index (Phi) is 5.70. The first-order valence-corrected chi connectivity index (χ1v) is 8.83. The van der Waals surface area contributed by atoms with Gasteiger partial charge in [-0.3, -0.25) is 4.79 Å². The van der Waals surface area contributed by atoms with Crippen LogP contribution in [0, 0.1) is 23.7 Å². The first-order valence-electron chi connectivity index (χ1n) is 8.83. The minimum absolute atomic E-state index is 0.177. The predicted octanol–water partition coefficient (Wildman–Crippen LogP) is 3.72. The van der Waals surface area contributed by atoms with Crippen LogP contribution in [0.2, 0.25) is 0 Å². The molecule has 0 aromatic heterocycles. The van der Waals surface area contributed by atoms with E-state index in [-0.39, 0.29) is 5.92 Å². The Balaban J connectivity index is 2.16. The van der Waals surface area contributed by atoms with E-state index in [1.165, 1.54) is 6.42 Å². The van der Waals surface area contributed by atoms with Gasteiger partial charge in [0, 0.05) is 31.2 Å². The van der Waals surface area contributed by atoms with Crippen molar-refractivity contribution in [2.75, 3.05) is 13.2 Å². The molecule has 2 aliphatic heterocycles. The van der Waals surface area contributed by atoms with E-state index >= 15 is 0 Å². The van der Waals surface area contributed by atoms with Crippen molar-refractivity contribution in [3.63, 3.8) is 0 Å². The summed E-state index contributed by atoms with van der Waals surface area (Å²) >= 11 is 0. The van der Waals surface area contributed by atoms with Gasteiger partial charge in [-0.1, -0.05) is 27.7 Å². The van der Waals surface area contributed by atoms with Gasteiger partial charge in [0.05, 0.1) is 0 Å². The lowest BCUT2D eigenvalue weighted by Gasteiger charge is -2.39. The summed E-state index contributed by atoms with van der Waals surface area (Å²) in [5.41, 5.74) is 0. The zero-order valence-corrected chi connectivity index (χ0v) is 14.5. The minimum atomic E-state index is 0.177. The molecular weight excluding hydrogens is 262 g/mol. The highest BCUT2D eigenvalue weighted by atomic mass is 16.5. The van der Waals surface area contributed by atoms with Crippen LogP contribution in [0.15, 0.2) is 0 Å². The molecule has 2 heterocycles. The molecular formula is C18H33NO2. The predicted molar refractivity (Wildman–Crippen MR) is 86.0 cm³/mol. The third-order valence-corrected chi connectivity index (χ3v) is 5.51. The molecule has 122 valence electrons. The fourth-order valence-electron chi connectivity index (χ4n) is 4.33. The lowest BCUT2D eigenvalue weighted by molar-refractivity contribution is -0.144. The maximum absolute atomic E-state index is 13.3. The van der Waals surface area contributed by atoms with E-state index in [4.69, 9.17) is 4.74 Å². The summed E-state index contributed by atoms with van der Waals surface area (Å²) in [5.74, 6) is 2.07. The summed E-state index contributed by atoms with van der Waals surface area (Å²) in [6, 6.07) is 0.847. The molecule has 1 amide bonds. The molecule has 0 bridgehead atoms. The van der Waals surface area contributed by atoms with E-state index in [2.05, 4.69) is 39.5 Å². The third kappa shape index (κ3) is 3.61. The van der Waals surface area contributed by atoms with Crippen molar-refractivity contribution in [3.05, 3.63) is 0 Å². The summed E-state index contributed by atoms with van der Waals surface area (Å²) in [6.45, 7) is 12.8. The van der Waals surface area contributed by atoms with Crippen molar-refractivity contribution >= 4 is 5.91 Å². The second-order valence-corrected chi connectivity index (χ2v) is 7.70. The quantitative estimate of drug-likeness (QED) is 0.791. The number of ether oxygens (including phenoxy) is 1. The Morgan fingerprint density at radius 2 is 1.67 bits per heavy atom. The summed E-state index contributed by atoms with van der Waals surface area (Å²) < 4.78 is 5.49. The molecule has 0 radical (unpaired) electrons. The van der Waals surface area contributed by atoms with Gasteiger partial charge in [-0.25, -0.2) is 0 Å². The topological polar surface area (TPSA) is 29.5 Å². The smallest absolute Gasteiger partial charge is 0.226 e. The number of hydrogen-bond donors (Lipinski definition) is 0.